The molecular formula is C40H22N4O2S2. The Morgan fingerprint density at radius 3 is 1.96 bits per heavy atom. The molecule has 0 bridgehead atoms. The van der Waals surface area contributed by atoms with Crippen LogP contribution in [0.25, 0.3) is 85.6 Å². The van der Waals surface area contributed by atoms with Crippen molar-refractivity contribution >= 4 is 86.2 Å². The maximum Gasteiger partial charge on any atom is 0.266 e. The molecule has 0 aliphatic heterocycles. The first-order valence-electron chi connectivity index (χ1n) is 15.5. The van der Waals surface area contributed by atoms with Gasteiger partial charge in [-0.1, -0.05) is 60.7 Å². The van der Waals surface area contributed by atoms with E-state index in [0.717, 1.165) is 63.3 Å². The van der Waals surface area contributed by atoms with Crippen LogP contribution in [0.15, 0.2) is 143 Å². The Morgan fingerprint density at radius 1 is 0.479 bits per heavy atom. The van der Waals surface area contributed by atoms with Gasteiger partial charge in [0.15, 0.2) is 5.82 Å². The number of rotatable bonds is 3. The van der Waals surface area contributed by atoms with Gasteiger partial charge >= 0.3 is 0 Å². The molecule has 0 saturated carbocycles. The molecule has 0 atom stereocenters. The number of hydrogen-bond donors (Lipinski definition) is 0. The van der Waals surface area contributed by atoms with Crippen LogP contribution >= 0.6 is 22.7 Å². The minimum atomic E-state index is -0.418. The lowest BCUT2D eigenvalue weighted by Crippen LogP contribution is -2.28. The van der Waals surface area contributed by atoms with E-state index in [1.54, 1.807) is 23.7 Å². The summed E-state index contributed by atoms with van der Waals surface area (Å²) in [5.41, 5.74) is 2.41. The zero-order valence-corrected chi connectivity index (χ0v) is 26.8. The quantitative estimate of drug-likeness (QED) is 0.190. The zero-order chi connectivity index (χ0) is 31.9. The Labute approximate surface area is 280 Å². The van der Waals surface area contributed by atoms with E-state index in [0.29, 0.717) is 22.3 Å². The standard InChI is InChI=1S/C40H22N4O2S2/c45-39-31-18-30-26-12-5-7-14-35(26)48-37(30)20-28(31)27-17-29-25-11-4-6-13-33(25)43(23-9-2-1-3-10-23)34(29)19-32(27)40(46)44(39)24-21-41-38(42-22-24)36-15-8-16-47-36/h1-22H. The first-order valence-corrected chi connectivity index (χ1v) is 17.2. The number of para-hydroxylation sites is 2. The largest absolute Gasteiger partial charge is 0.309 e. The van der Waals surface area contributed by atoms with E-state index in [-0.39, 0.29) is 0 Å². The number of nitrogens with zero attached hydrogens (tertiary/aromatic N) is 4. The van der Waals surface area contributed by atoms with Crippen LogP contribution in [0.4, 0.5) is 0 Å². The fraction of sp³-hybridized carbons (Fsp3) is 0. The summed E-state index contributed by atoms with van der Waals surface area (Å²) in [5, 5.41) is 8.49. The second-order valence-electron chi connectivity index (χ2n) is 11.8. The Morgan fingerprint density at radius 2 is 1.17 bits per heavy atom. The maximum absolute atomic E-state index is 14.8. The first kappa shape index (κ1) is 27.2. The van der Waals surface area contributed by atoms with Gasteiger partial charge in [0.05, 0.1) is 39.4 Å². The van der Waals surface area contributed by atoms with Crippen LogP contribution in [0, 0.1) is 0 Å². The number of thiophene rings is 2. The van der Waals surface area contributed by atoms with Crippen LogP contribution < -0.4 is 11.1 Å². The molecule has 6 nitrogen and oxygen atoms in total. The lowest BCUT2D eigenvalue weighted by atomic mass is 10.0. The SMILES string of the molecule is O=c1c2cc3c(cc2c2cc4c5ccccc5n(-c5ccccc5)c4cc2c(=O)n1-c1cnc(-c2cccs2)nc1)sc1ccccc13. The molecule has 5 aromatic carbocycles. The highest BCUT2D eigenvalue weighted by Gasteiger charge is 2.20. The average Bonchev–Trinajstić information content (AvgIpc) is 3.86. The minimum absolute atomic E-state index is 0.322. The number of benzene rings is 5. The second-order valence-corrected chi connectivity index (χ2v) is 13.8. The van der Waals surface area contributed by atoms with Crippen molar-refractivity contribution in [2.45, 2.75) is 0 Å². The van der Waals surface area contributed by atoms with Gasteiger partial charge in [-0.15, -0.1) is 22.7 Å². The highest BCUT2D eigenvalue weighted by atomic mass is 32.1. The van der Waals surface area contributed by atoms with Crippen LogP contribution in [-0.4, -0.2) is 19.1 Å². The smallest absolute Gasteiger partial charge is 0.266 e. The van der Waals surface area contributed by atoms with E-state index in [4.69, 9.17) is 0 Å². The summed E-state index contributed by atoms with van der Waals surface area (Å²) < 4.78 is 5.63. The van der Waals surface area contributed by atoms with E-state index in [1.807, 2.05) is 72.1 Å². The summed E-state index contributed by atoms with van der Waals surface area (Å²) in [6.07, 6.45) is 3.14. The van der Waals surface area contributed by atoms with Crippen LogP contribution in [0.3, 0.4) is 0 Å². The lowest BCUT2D eigenvalue weighted by molar-refractivity contribution is 0.948. The molecule has 0 fully saturated rings. The molecule has 0 unspecified atom stereocenters. The van der Waals surface area contributed by atoms with Gasteiger partial charge in [-0.25, -0.2) is 14.5 Å². The predicted octanol–water partition coefficient (Wildman–Crippen LogP) is 9.49. The van der Waals surface area contributed by atoms with Gasteiger partial charge in [-0.05, 0) is 70.7 Å². The van der Waals surface area contributed by atoms with Crippen molar-refractivity contribution in [2.75, 3.05) is 0 Å². The van der Waals surface area contributed by atoms with E-state index in [9.17, 15) is 9.59 Å². The topological polar surface area (TPSA) is 69.8 Å². The maximum atomic E-state index is 14.8. The van der Waals surface area contributed by atoms with Crippen molar-refractivity contribution in [1.29, 1.82) is 0 Å². The van der Waals surface area contributed by atoms with Crippen LogP contribution in [-0.2, 0) is 0 Å². The van der Waals surface area contributed by atoms with Gasteiger partial charge in [-0.2, -0.15) is 0 Å². The van der Waals surface area contributed by atoms with Crippen molar-refractivity contribution < 1.29 is 0 Å². The summed E-state index contributed by atoms with van der Waals surface area (Å²) >= 11 is 3.22. The summed E-state index contributed by atoms with van der Waals surface area (Å²) in [4.78, 5) is 39.6. The molecular weight excluding hydrogens is 633 g/mol. The van der Waals surface area contributed by atoms with Gasteiger partial charge in [0.25, 0.3) is 11.1 Å². The number of fused-ring (bicyclic) bond motifs is 9. The molecule has 0 aliphatic carbocycles. The van der Waals surface area contributed by atoms with Crippen LogP contribution in [0.1, 0.15) is 0 Å². The first-order chi connectivity index (χ1) is 23.6. The molecule has 0 N–H and O–H groups in total. The van der Waals surface area contributed by atoms with Crippen LogP contribution in [0.5, 0.6) is 0 Å². The van der Waals surface area contributed by atoms with Crippen LogP contribution in [0.2, 0.25) is 0 Å². The van der Waals surface area contributed by atoms with E-state index < -0.39 is 11.1 Å². The normalized spacial score (nSPS) is 11.9. The lowest BCUT2D eigenvalue weighted by Gasteiger charge is -2.08. The molecule has 0 radical (unpaired) electrons. The van der Waals surface area contributed by atoms with E-state index >= 15 is 0 Å². The average molecular weight is 655 g/mol. The Bertz CT molecular complexity index is 3030. The van der Waals surface area contributed by atoms with Crippen molar-refractivity contribution in [1.82, 2.24) is 19.1 Å². The summed E-state index contributed by atoms with van der Waals surface area (Å²) in [6.45, 7) is 0. The number of hydrogen-bond acceptors (Lipinski definition) is 6. The molecule has 0 amide bonds. The molecule has 5 heterocycles. The van der Waals surface area contributed by atoms with Crippen molar-refractivity contribution in [2.24, 2.45) is 0 Å². The fourth-order valence-corrected chi connectivity index (χ4v) is 8.78. The van der Waals surface area contributed by atoms with Crippen molar-refractivity contribution in [3.63, 3.8) is 0 Å². The number of aromatic nitrogens is 4. The van der Waals surface area contributed by atoms with Gasteiger partial charge in [-0.3, -0.25) is 9.59 Å². The molecule has 8 heteroatoms. The Kier molecular flexibility index (Phi) is 5.82. The molecule has 0 saturated heterocycles. The van der Waals surface area contributed by atoms with Gasteiger partial charge in [0.2, 0.25) is 0 Å². The summed E-state index contributed by atoms with van der Waals surface area (Å²) in [7, 11) is 0. The fourth-order valence-electron chi connectivity index (χ4n) is 6.98. The Hall–Kier alpha value is -5.96. The summed E-state index contributed by atoms with van der Waals surface area (Å²) in [5.74, 6) is 0.546. The third kappa shape index (κ3) is 3.90. The molecule has 10 aromatic rings. The highest BCUT2D eigenvalue weighted by Crippen LogP contribution is 2.39. The van der Waals surface area contributed by atoms with Crippen molar-refractivity contribution in [3.8, 4) is 22.1 Å². The van der Waals surface area contributed by atoms with Gasteiger partial charge in [0, 0.05) is 42.0 Å². The monoisotopic (exact) mass is 654 g/mol. The summed E-state index contributed by atoms with van der Waals surface area (Å²) in [6, 6.07) is 38.6. The van der Waals surface area contributed by atoms with Gasteiger partial charge < -0.3 is 4.57 Å². The Balaban J connectivity index is 1.40. The highest BCUT2D eigenvalue weighted by molar-refractivity contribution is 7.25. The molecule has 226 valence electrons. The van der Waals surface area contributed by atoms with Gasteiger partial charge in [0.1, 0.15) is 0 Å². The van der Waals surface area contributed by atoms with Crippen molar-refractivity contribution in [3.05, 3.63) is 154 Å². The third-order valence-corrected chi connectivity index (χ3v) is 11.1. The second kappa shape index (κ2) is 10.3. The van der Waals surface area contributed by atoms with E-state index in [2.05, 4.69) is 63.1 Å². The van der Waals surface area contributed by atoms with E-state index in [1.165, 1.54) is 15.9 Å². The molecule has 5 aromatic heterocycles. The molecule has 0 spiro atoms. The minimum Gasteiger partial charge on any atom is -0.309 e. The third-order valence-electron chi connectivity index (χ3n) is 9.14. The molecule has 10 rings (SSSR count). The zero-order valence-electron chi connectivity index (χ0n) is 25.1. The molecule has 48 heavy (non-hydrogen) atoms. The molecule has 0 aliphatic rings. The predicted molar refractivity (Wildman–Crippen MR) is 199 cm³/mol.